The summed E-state index contributed by atoms with van der Waals surface area (Å²) in [5, 5.41) is 12.9. The van der Waals surface area contributed by atoms with Crippen LogP contribution in [0.2, 0.25) is 0 Å². The summed E-state index contributed by atoms with van der Waals surface area (Å²) in [7, 11) is 0. The number of aromatic hydroxyl groups is 1. The molecule has 1 aliphatic carbocycles. The van der Waals surface area contributed by atoms with E-state index in [9.17, 15) is 5.11 Å². The van der Waals surface area contributed by atoms with Crippen molar-refractivity contribution >= 4 is 5.69 Å². The molecule has 1 aromatic carbocycles. The number of ether oxygens (including phenoxy) is 1. The van der Waals surface area contributed by atoms with Gasteiger partial charge < -0.3 is 15.2 Å². The van der Waals surface area contributed by atoms with Gasteiger partial charge in [-0.2, -0.15) is 0 Å². The molecule has 2 N–H and O–H groups in total. The Bertz CT molecular complexity index is 427. The molecule has 3 atom stereocenters. The Hall–Kier alpha value is -1.22. The van der Waals surface area contributed by atoms with Gasteiger partial charge in [0.15, 0.2) is 0 Å². The number of hydrogen-bond acceptors (Lipinski definition) is 3. The maximum Gasteiger partial charge on any atom is 0.115 e. The molecule has 1 aromatic rings. The van der Waals surface area contributed by atoms with E-state index in [2.05, 4.69) is 19.2 Å². The van der Waals surface area contributed by atoms with Crippen molar-refractivity contribution in [2.24, 2.45) is 11.3 Å². The summed E-state index contributed by atoms with van der Waals surface area (Å²) in [5.74, 6) is 0.940. The van der Waals surface area contributed by atoms with Crippen LogP contribution in [0.4, 0.5) is 5.69 Å². The van der Waals surface area contributed by atoms with Gasteiger partial charge in [0.05, 0.1) is 6.10 Å². The van der Waals surface area contributed by atoms with Gasteiger partial charge in [-0.25, -0.2) is 0 Å². The quantitative estimate of drug-likeness (QED) is 0.789. The lowest BCUT2D eigenvalue weighted by molar-refractivity contribution is -0.177. The zero-order chi connectivity index (χ0) is 12.8. The third-order valence-corrected chi connectivity index (χ3v) is 4.52. The van der Waals surface area contributed by atoms with E-state index >= 15 is 0 Å². The fourth-order valence-electron chi connectivity index (χ4n) is 3.55. The maximum absolute atomic E-state index is 9.30. The van der Waals surface area contributed by atoms with Gasteiger partial charge in [-0.3, -0.25) is 0 Å². The van der Waals surface area contributed by atoms with Crippen molar-refractivity contribution in [1.82, 2.24) is 0 Å². The van der Waals surface area contributed by atoms with Crippen LogP contribution in [0.3, 0.4) is 0 Å². The summed E-state index contributed by atoms with van der Waals surface area (Å²) in [6.45, 7) is 5.46. The average molecular weight is 247 g/mol. The SMILES string of the molecule is CC1(C)C(Nc2ccc(O)cc2)C2CCCOC21. The molecule has 1 heterocycles. The van der Waals surface area contributed by atoms with Crippen LogP contribution in [-0.4, -0.2) is 23.9 Å². The highest BCUT2D eigenvalue weighted by molar-refractivity contribution is 5.48. The van der Waals surface area contributed by atoms with Crippen molar-refractivity contribution in [2.75, 3.05) is 11.9 Å². The third-order valence-electron chi connectivity index (χ3n) is 4.52. The van der Waals surface area contributed by atoms with Crippen LogP contribution in [0.1, 0.15) is 26.7 Å². The zero-order valence-electron chi connectivity index (χ0n) is 11.0. The Balaban J connectivity index is 1.74. The lowest BCUT2D eigenvalue weighted by atomic mass is 9.55. The van der Waals surface area contributed by atoms with Gasteiger partial charge in [0.1, 0.15) is 5.75 Å². The van der Waals surface area contributed by atoms with Gasteiger partial charge >= 0.3 is 0 Å². The molecule has 1 aliphatic heterocycles. The summed E-state index contributed by atoms with van der Waals surface area (Å²) in [4.78, 5) is 0. The molecule has 0 aromatic heterocycles. The van der Waals surface area contributed by atoms with Crippen LogP contribution in [0, 0.1) is 11.3 Å². The first-order valence-electron chi connectivity index (χ1n) is 6.76. The van der Waals surface area contributed by atoms with Gasteiger partial charge in [0.2, 0.25) is 0 Å². The van der Waals surface area contributed by atoms with E-state index in [4.69, 9.17) is 4.74 Å². The Morgan fingerprint density at radius 1 is 1.28 bits per heavy atom. The van der Waals surface area contributed by atoms with E-state index in [0.29, 0.717) is 23.8 Å². The van der Waals surface area contributed by atoms with Crippen molar-refractivity contribution in [3.8, 4) is 5.75 Å². The fourth-order valence-corrected chi connectivity index (χ4v) is 3.55. The van der Waals surface area contributed by atoms with Crippen LogP contribution in [0.25, 0.3) is 0 Å². The summed E-state index contributed by atoms with van der Waals surface area (Å²) < 4.78 is 5.90. The molecule has 1 saturated carbocycles. The highest BCUT2D eigenvalue weighted by Crippen LogP contribution is 2.52. The minimum absolute atomic E-state index is 0.184. The maximum atomic E-state index is 9.30. The molecule has 2 aliphatic rings. The lowest BCUT2D eigenvalue weighted by Crippen LogP contribution is -2.67. The van der Waals surface area contributed by atoms with Crippen LogP contribution in [-0.2, 0) is 4.74 Å². The number of phenolic OH excluding ortho intramolecular Hbond substituents is 1. The van der Waals surface area contributed by atoms with Gasteiger partial charge in [-0.1, -0.05) is 13.8 Å². The van der Waals surface area contributed by atoms with E-state index in [1.807, 2.05) is 12.1 Å². The summed E-state index contributed by atoms with van der Waals surface area (Å²) in [6.07, 6.45) is 2.83. The van der Waals surface area contributed by atoms with Crippen molar-refractivity contribution < 1.29 is 9.84 Å². The standard InChI is InChI=1S/C15H21NO2/c1-15(2)13(12-4-3-9-18-14(12)15)16-10-5-7-11(17)8-6-10/h5-8,12-14,16-17H,3-4,9H2,1-2H3. The monoisotopic (exact) mass is 247 g/mol. The van der Waals surface area contributed by atoms with Crippen LogP contribution in [0.5, 0.6) is 5.75 Å². The largest absolute Gasteiger partial charge is 0.508 e. The van der Waals surface area contributed by atoms with E-state index < -0.39 is 0 Å². The summed E-state index contributed by atoms with van der Waals surface area (Å²) in [5.41, 5.74) is 1.26. The van der Waals surface area contributed by atoms with Crippen LogP contribution < -0.4 is 5.32 Å². The van der Waals surface area contributed by atoms with Crippen molar-refractivity contribution in [1.29, 1.82) is 0 Å². The predicted octanol–water partition coefficient (Wildman–Crippen LogP) is 3.01. The fraction of sp³-hybridized carbons (Fsp3) is 0.600. The molecule has 0 radical (unpaired) electrons. The Kier molecular flexibility index (Phi) is 2.74. The first-order valence-corrected chi connectivity index (χ1v) is 6.76. The van der Waals surface area contributed by atoms with E-state index in [-0.39, 0.29) is 5.41 Å². The lowest BCUT2D eigenvalue weighted by Gasteiger charge is -2.60. The molecule has 0 amide bonds. The molecule has 1 saturated heterocycles. The van der Waals surface area contributed by atoms with Crippen molar-refractivity contribution in [2.45, 2.75) is 38.8 Å². The third kappa shape index (κ3) is 1.77. The average Bonchev–Trinajstić information content (AvgIpc) is 2.38. The number of benzene rings is 1. The molecule has 3 nitrogen and oxygen atoms in total. The molecular weight excluding hydrogens is 226 g/mol. The number of nitrogens with one attached hydrogen (secondary N) is 1. The topological polar surface area (TPSA) is 41.5 Å². The molecular formula is C15H21NO2. The molecule has 3 heteroatoms. The van der Waals surface area contributed by atoms with Gasteiger partial charge in [0, 0.05) is 29.7 Å². The number of fused-ring (bicyclic) bond motifs is 1. The first-order chi connectivity index (χ1) is 8.59. The van der Waals surface area contributed by atoms with E-state index in [1.165, 1.54) is 12.8 Å². The van der Waals surface area contributed by atoms with Crippen molar-refractivity contribution in [3.63, 3.8) is 0 Å². The molecule has 0 bridgehead atoms. The highest BCUT2D eigenvalue weighted by atomic mass is 16.5. The normalized spacial score (nSPS) is 33.3. The molecule has 98 valence electrons. The van der Waals surface area contributed by atoms with Gasteiger partial charge in [0.25, 0.3) is 0 Å². The van der Waals surface area contributed by atoms with Crippen LogP contribution in [0.15, 0.2) is 24.3 Å². The van der Waals surface area contributed by atoms with E-state index in [0.717, 1.165) is 12.3 Å². The predicted molar refractivity (Wildman–Crippen MR) is 71.8 cm³/mol. The Labute approximate surface area is 108 Å². The number of hydrogen-bond donors (Lipinski definition) is 2. The highest BCUT2D eigenvalue weighted by Gasteiger charge is 2.57. The first kappa shape index (κ1) is 11.8. The molecule has 0 spiro atoms. The summed E-state index contributed by atoms with van der Waals surface area (Å²) >= 11 is 0. The van der Waals surface area contributed by atoms with Crippen LogP contribution >= 0.6 is 0 Å². The smallest absolute Gasteiger partial charge is 0.115 e. The van der Waals surface area contributed by atoms with Crippen molar-refractivity contribution in [3.05, 3.63) is 24.3 Å². The van der Waals surface area contributed by atoms with Gasteiger partial charge in [-0.15, -0.1) is 0 Å². The molecule has 2 fully saturated rings. The zero-order valence-corrected chi connectivity index (χ0v) is 11.0. The number of rotatable bonds is 2. The summed E-state index contributed by atoms with van der Waals surface area (Å²) in [6, 6.07) is 7.78. The van der Waals surface area contributed by atoms with E-state index in [1.54, 1.807) is 12.1 Å². The second kappa shape index (κ2) is 4.16. The molecule has 3 rings (SSSR count). The molecule has 3 unspecified atom stereocenters. The minimum atomic E-state index is 0.184. The minimum Gasteiger partial charge on any atom is -0.508 e. The number of phenols is 1. The van der Waals surface area contributed by atoms with Gasteiger partial charge in [-0.05, 0) is 37.1 Å². The number of anilines is 1. The second-order valence-corrected chi connectivity index (χ2v) is 6.09. The Morgan fingerprint density at radius 2 is 2.00 bits per heavy atom. The second-order valence-electron chi connectivity index (χ2n) is 6.09. The molecule has 18 heavy (non-hydrogen) atoms. The Morgan fingerprint density at radius 3 is 2.72 bits per heavy atom.